The Kier molecular flexibility index (Phi) is 13.1. The number of pyridine rings is 2. The Bertz CT molecular complexity index is 2700. The summed E-state index contributed by atoms with van der Waals surface area (Å²) in [6, 6.07) is 66.6. The van der Waals surface area contributed by atoms with Crippen LogP contribution < -0.4 is 5.01 Å². The van der Waals surface area contributed by atoms with Crippen molar-refractivity contribution in [2.75, 3.05) is 18.7 Å². The maximum Gasteiger partial charge on any atom is 0.313 e. The molecule has 0 saturated carbocycles. The minimum absolute atomic E-state index is 0. The van der Waals surface area contributed by atoms with Gasteiger partial charge in [-0.05, 0) is 59.0 Å². The van der Waals surface area contributed by atoms with Gasteiger partial charge in [-0.3, -0.25) is 14.8 Å². The fourth-order valence-electron chi connectivity index (χ4n) is 6.90. The van der Waals surface area contributed by atoms with Crippen LogP contribution >= 0.6 is 0 Å². The number of amidine groups is 1. The third-order valence-corrected chi connectivity index (χ3v) is 9.61. The van der Waals surface area contributed by atoms with Gasteiger partial charge in [0.05, 0.1) is 17.6 Å². The van der Waals surface area contributed by atoms with Crippen molar-refractivity contribution in [3.05, 3.63) is 195 Å². The maximum absolute atomic E-state index is 11.4. The zero-order valence-corrected chi connectivity index (χ0v) is 34.9. The Labute approximate surface area is 358 Å². The second kappa shape index (κ2) is 19.1. The van der Waals surface area contributed by atoms with Crippen molar-refractivity contribution in [3.63, 3.8) is 0 Å². The number of hydrazone groups is 1. The van der Waals surface area contributed by atoms with E-state index in [9.17, 15) is 4.79 Å². The van der Waals surface area contributed by atoms with Gasteiger partial charge in [0.15, 0.2) is 0 Å². The smallest absolute Gasteiger partial charge is 0.313 e. The number of para-hydroxylation sites is 3. The summed E-state index contributed by atoms with van der Waals surface area (Å²) in [6.07, 6.45) is 0.171. The normalized spacial score (nSPS) is 11.9. The SMILES string of the molecule is CCOC(=O)CC1=NN(c2[c-]cccc2)[CH-]N1C.[Ir].[c-]1ccccc1-c1nc2ccccc2c2ccccc12.[c-]1ccccc1-c1nc2ccccc2c2ccccc12. The quantitative estimate of drug-likeness (QED) is 0.0940. The van der Waals surface area contributed by atoms with Gasteiger partial charge in [0.25, 0.3) is 0 Å². The predicted molar refractivity (Wildman–Crippen MR) is 236 cm³/mol. The zero-order chi connectivity index (χ0) is 39.7. The van der Waals surface area contributed by atoms with Crippen molar-refractivity contribution in [1.29, 1.82) is 0 Å². The molecule has 293 valence electrons. The van der Waals surface area contributed by atoms with Crippen LogP contribution in [0.4, 0.5) is 5.69 Å². The Balaban J connectivity index is 0.000000133. The van der Waals surface area contributed by atoms with E-state index in [0.717, 1.165) is 39.2 Å². The van der Waals surface area contributed by atoms with Gasteiger partial charge in [0, 0.05) is 30.9 Å². The van der Waals surface area contributed by atoms with Gasteiger partial charge in [0.1, 0.15) is 12.3 Å². The Hall–Kier alpha value is -6.73. The van der Waals surface area contributed by atoms with Gasteiger partial charge in [-0.2, -0.15) is 29.4 Å². The van der Waals surface area contributed by atoms with Crippen LogP contribution in [-0.2, 0) is 29.6 Å². The van der Waals surface area contributed by atoms with Crippen LogP contribution in [-0.4, -0.2) is 40.3 Å². The van der Waals surface area contributed by atoms with Gasteiger partial charge in [0.2, 0.25) is 0 Å². The van der Waals surface area contributed by atoms with E-state index < -0.39 is 0 Å². The van der Waals surface area contributed by atoms with E-state index in [1.807, 2.05) is 79.8 Å². The molecule has 0 saturated heterocycles. The van der Waals surface area contributed by atoms with Crippen LogP contribution in [0.3, 0.4) is 0 Å². The first kappa shape index (κ1) is 40.5. The van der Waals surface area contributed by atoms with Gasteiger partial charge >= 0.3 is 5.97 Å². The molecule has 2 aromatic heterocycles. The van der Waals surface area contributed by atoms with Gasteiger partial charge in [-0.1, -0.05) is 90.6 Å². The molecular weight excluding hydrogens is 907 g/mol. The van der Waals surface area contributed by atoms with E-state index in [4.69, 9.17) is 14.7 Å². The first-order chi connectivity index (χ1) is 28.6. The molecule has 8 heteroatoms. The second-order valence-electron chi connectivity index (χ2n) is 13.4. The standard InChI is InChI=1S/2C19H12N.C13H15N3O2.Ir/c2*1-2-8-14(9-3-1)19-17-12-5-4-10-15(17)16-11-6-7-13-18(16)20-19;1-3-18-13(17)9-12-14-16(10-15(12)2)11-7-5-4-6-8-11;/h2*1-8,10-13H;4-7,10H,3,9H2,1-2H3;/q2*-1;-2;. The van der Waals surface area contributed by atoms with Gasteiger partial charge < -0.3 is 14.6 Å². The number of anilines is 1. The van der Waals surface area contributed by atoms with Crippen LogP contribution in [0.15, 0.2) is 175 Å². The topological polar surface area (TPSA) is 70.9 Å². The number of aromatic nitrogens is 2. The number of hydrogen-bond acceptors (Lipinski definition) is 7. The van der Waals surface area contributed by atoms with Crippen molar-refractivity contribution in [1.82, 2.24) is 14.9 Å². The number of benzene rings is 7. The zero-order valence-electron chi connectivity index (χ0n) is 32.5. The average molecular weight is 946 g/mol. The molecule has 0 spiro atoms. The van der Waals surface area contributed by atoms with Crippen molar-refractivity contribution < 1.29 is 29.6 Å². The van der Waals surface area contributed by atoms with Crippen molar-refractivity contribution in [2.45, 2.75) is 13.3 Å². The molecule has 59 heavy (non-hydrogen) atoms. The van der Waals surface area contributed by atoms with E-state index in [2.05, 4.69) is 120 Å². The first-order valence-corrected chi connectivity index (χ1v) is 19.1. The number of rotatable bonds is 6. The third-order valence-electron chi connectivity index (χ3n) is 9.61. The van der Waals surface area contributed by atoms with Crippen LogP contribution in [0.25, 0.3) is 65.9 Å². The van der Waals surface area contributed by atoms with Crippen LogP contribution in [0.5, 0.6) is 0 Å². The minimum Gasteiger partial charge on any atom is -0.490 e. The average Bonchev–Trinajstić information content (AvgIpc) is 3.66. The monoisotopic (exact) mass is 946 g/mol. The van der Waals surface area contributed by atoms with Gasteiger partial charge in [-0.25, -0.2) is 0 Å². The summed E-state index contributed by atoms with van der Waals surface area (Å²) in [4.78, 5) is 22.9. The molecule has 1 radical (unpaired) electrons. The maximum atomic E-state index is 11.4. The predicted octanol–water partition coefficient (Wildman–Crippen LogP) is 11.3. The number of ether oxygens (including phenoxy) is 1. The van der Waals surface area contributed by atoms with Crippen molar-refractivity contribution >= 4 is 60.8 Å². The number of fused-ring (bicyclic) bond motifs is 6. The number of esters is 1. The number of nitrogens with zero attached hydrogens (tertiary/aromatic N) is 5. The molecule has 0 aliphatic carbocycles. The number of carbonyl (C=O) groups is 1. The Morgan fingerprint density at radius 2 is 1.02 bits per heavy atom. The first-order valence-electron chi connectivity index (χ1n) is 19.1. The molecule has 0 bridgehead atoms. The van der Waals surface area contributed by atoms with Crippen LogP contribution in [0, 0.1) is 24.9 Å². The largest absolute Gasteiger partial charge is 0.490 e. The summed E-state index contributed by atoms with van der Waals surface area (Å²) >= 11 is 0. The summed E-state index contributed by atoms with van der Waals surface area (Å²) in [6.45, 7) is 3.98. The van der Waals surface area contributed by atoms with E-state index >= 15 is 0 Å². The molecule has 3 heterocycles. The summed E-state index contributed by atoms with van der Waals surface area (Å²) in [7, 11) is 1.85. The molecule has 7 nitrogen and oxygen atoms in total. The molecule has 9 aromatic rings. The molecule has 0 fully saturated rings. The third kappa shape index (κ3) is 9.21. The van der Waals surface area contributed by atoms with Crippen LogP contribution in [0.1, 0.15) is 13.3 Å². The van der Waals surface area contributed by atoms with E-state index in [-0.39, 0.29) is 32.5 Å². The molecular formula is C51H39IrN5O2-4. The molecule has 0 unspecified atom stereocenters. The molecule has 0 N–H and O–H groups in total. The van der Waals surface area contributed by atoms with E-state index in [0.29, 0.717) is 12.4 Å². The van der Waals surface area contributed by atoms with Crippen molar-refractivity contribution in [3.8, 4) is 22.5 Å². The van der Waals surface area contributed by atoms with Crippen molar-refractivity contribution in [2.24, 2.45) is 5.10 Å². The fraction of sp³-hybridized carbons (Fsp3) is 0.0784. The number of hydrogen-bond donors (Lipinski definition) is 0. The molecule has 1 aliphatic rings. The molecule has 1 aliphatic heterocycles. The fourth-order valence-corrected chi connectivity index (χ4v) is 6.90. The molecule has 7 aromatic carbocycles. The molecule has 0 atom stereocenters. The minimum atomic E-state index is -0.268. The Morgan fingerprint density at radius 1 is 0.576 bits per heavy atom. The summed E-state index contributed by atoms with van der Waals surface area (Å²) in [5.41, 5.74) is 6.96. The van der Waals surface area contributed by atoms with Gasteiger partial charge in [-0.15, -0.1) is 84.5 Å². The summed E-state index contributed by atoms with van der Waals surface area (Å²) in [5.74, 6) is 0.390. The molecule has 10 rings (SSSR count). The summed E-state index contributed by atoms with van der Waals surface area (Å²) in [5, 5.41) is 13.3. The summed E-state index contributed by atoms with van der Waals surface area (Å²) < 4.78 is 4.91. The number of carbonyl (C=O) groups excluding carboxylic acids is 1. The molecule has 0 amide bonds. The second-order valence-corrected chi connectivity index (χ2v) is 13.4. The van der Waals surface area contributed by atoms with Crippen LogP contribution in [0.2, 0.25) is 0 Å². The van der Waals surface area contributed by atoms with E-state index in [1.165, 1.54) is 32.3 Å². The van der Waals surface area contributed by atoms with E-state index in [1.54, 1.807) is 23.5 Å². The Morgan fingerprint density at radius 3 is 1.47 bits per heavy atom.